The second-order valence-corrected chi connectivity index (χ2v) is 6.35. The Balaban J connectivity index is 2.03. The summed E-state index contributed by atoms with van der Waals surface area (Å²) in [6.45, 7) is 1.90. The summed E-state index contributed by atoms with van der Waals surface area (Å²) in [5, 5.41) is 0.620. The molecule has 3 nitrogen and oxygen atoms in total. The van der Waals surface area contributed by atoms with Gasteiger partial charge in [-0.15, -0.1) is 0 Å². The summed E-state index contributed by atoms with van der Waals surface area (Å²) >= 11 is 9.29. The third-order valence-corrected chi connectivity index (χ3v) is 4.88. The number of likely N-dealkylation sites (tertiary alicyclic amines) is 1. The van der Waals surface area contributed by atoms with Gasteiger partial charge in [0.1, 0.15) is 0 Å². The fourth-order valence-corrected chi connectivity index (χ4v) is 2.95. The molecule has 0 aliphatic carbocycles. The van der Waals surface area contributed by atoms with Crippen LogP contribution in [0.5, 0.6) is 0 Å². The number of likely N-dealkylation sites (N-methyl/N-ethyl adjacent to an activating group) is 2. The fraction of sp³-hybridized carbons (Fsp3) is 0.500. The first kappa shape index (κ1) is 14.8. The Hall–Kier alpha value is -0.580. The molecule has 1 amide bonds. The van der Waals surface area contributed by atoms with Gasteiger partial charge < -0.3 is 9.80 Å². The molecule has 1 aliphatic heterocycles. The van der Waals surface area contributed by atoms with Crippen molar-refractivity contribution in [3.8, 4) is 0 Å². The Morgan fingerprint density at radius 3 is 2.89 bits per heavy atom. The molecule has 2 rings (SSSR count). The van der Waals surface area contributed by atoms with E-state index < -0.39 is 0 Å². The van der Waals surface area contributed by atoms with E-state index in [9.17, 15) is 4.79 Å². The van der Waals surface area contributed by atoms with Gasteiger partial charge in [0, 0.05) is 29.7 Å². The Labute approximate surface area is 127 Å². The largest absolute Gasteiger partial charge is 0.340 e. The Kier molecular flexibility index (Phi) is 4.87. The molecule has 1 aliphatic rings. The lowest BCUT2D eigenvalue weighted by Gasteiger charge is -2.26. The van der Waals surface area contributed by atoms with Crippen molar-refractivity contribution in [1.82, 2.24) is 9.80 Å². The van der Waals surface area contributed by atoms with Gasteiger partial charge in [-0.1, -0.05) is 11.6 Å². The van der Waals surface area contributed by atoms with Crippen LogP contribution in [0.25, 0.3) is 0 Å². The zero-order chi connectivity index (χ0) is 14.0. The zero-order valence-corrected chi connectivity index (χ0v) is 13.5. The minimum absolute atomic E-state index is 0.0395. The molecule has 0 aromatic heterocycles. The number of nitrogens with zero attached hydrogens (tertiary/aromatic N) is 2. The first-order valence-electron chi connectivity index (χ1n) is 6.40. The molecule has 104 valence electrons. The van der Waals surface area contributed by atoms with Gasteiger partial charge in [0.05, 0.1) is 5.02 Å². The van der Waals surface area contributed by atoms with Crippen molar-refractivity contribution in [3.05, 3.63) is 33.3 Å². The highest BCUT2D eigenvalue weighted by Crippen LogP contribution is 2.24. The second kappa shape index (κ2) is 6.25. The van der Waals surface area contributed by atoms with Crippen molar-refractivity contribution in [2.24, 2.45) is 0 Å². The Bertz CT molecular complexity index is 481. The normalized spacial score (nSPS) is 19.7. The molecule has 0 N–H and O–H groups in total. The molecule has 1 aromatic rings. The van der Waals surface area contributed by atoms with E-state index in [2.05, 4.69) is 27.9 Å². The Morgan fingerprint density at radius 2 is 2.32 bits per heavy atom. The van der Waals surface area contributed by atoms with Crippen LogP contribution in [-0.4, -0.2) is 48.9 Å². The van der Waals surface area contributed by atoms with Gasteiger partial charge in [0.15, 0.2) is 0 Å². The van der Waals surface area contributed by atoms with Crippen molar-refractivity contribution in [2.75, 3.05) is 27.2 Å². The van der Waals surface area contributed by atoms with Crippen LogP contribution >= 0.6 is 27.5 Å². The molecule has 0 saturated carbocycles. The summed E-state index contributed by atoms with van der Waals surface area (Å²) < 4.78 is 0.756. The maximum absolute atomic E-state index is 12.3. The molecule has 0 radical (unpaired) electrons. The average molecular weight is 346 g/mol. The van der Waals surface area contributed by atoms with Gasteiger partial charge in [0.2, 0.25) is 0 Å². The number of rotatable bonds is 3. The van der Waals surface area contributed by atoms with E-state index in [0.29, 0.717) is 16.6 Å². The van der Waals surface area contributed by atoms with E-state index in [1.54, 1.807) is 23.1 Å². The van der Waals surface area contributed by atoms with Crippen LogP contribution in [0.15, 0.2) is 22.7 Å². The maximum atomic E-state index is 12.3. The number of hydrogen-bond acceptors (Lipinski definition) is 2. The lowest BCUT2D eigenvalue weighted by molar-refractivity contribution is 0.0761. The maximum Gasteiger partial charge on any atom is 0.253 e. The van der Waals surface area contributed by atoms with E-state index in [1.807, 2.05) is 7.05 Å². The van der Waals surface area contributed by atoms with Crippen LogP contribution in [0, 0.1) is 0 Å². The minimum Gasteiger partial charge on any atom is -0.340 e. The van der Waals surface area contributed by atoms with Gasteiger partial charge in [-0.25, -0.2) is 0 Å². The summed E-state index contributed by atoms with van der Waals surface area (Å²) in [6.07, 6.45) is 2.38. The van der Waals surface area contributed by atoms with E-state index in [0.717, 1.165) is 17.6 Å². The zero-order valence-electron chi connectivity index (χ0n) is 11.2. The molecule has 1 fully saturated rings. The fourth-order valence-electron chi connectivity index (χ4n) is 2.46. The molecule has 1 aromatic carbocycles. The SMILES string of the molecule is CN(CC1CCCN1C)C(=O)c1ccc(Cl)c(Br)c1. The van der Waals surface area contributed by atoms with Crippen LogP contribution in [0.3, 0.4) is 0 Å². The quantitative estimate of drug-likeness (QED) is 0.839. The van der Waals surface area contributed by atoms with Crippen molar-refractivity contribution >= 4 is 33.4 Å². The highest BCUT2D eigenvalue weighted by Gasteiger charge is 2.24. The Morgan fingerprint density at radius 1 is 1.58 bits per heavy atom. The van der Waals surface area contributed by atoms with Gasteiger partial charge in [-0.05, 0) is 60.6 Å². The highest BCUT2D eigenvalue weighted by atomic mass is 79.9. The molecular formula is C14H18BrClN2O. The first-order valence-corrected chi connectivity index (χ1v) is 7.57. The second-order valence-electron chi connectivity index (χ2n) is 5.09. The molecule has 5 heteroatoms. The summed E-state index contributed by atoms with van der Waals surface area (Å²) in [6, 6.07) is 5.77. The standard InChI is InChI=1S/C14H18BrClN2O/c1-17-7-3-4-11(17)9-18(2)14(19)10-5-6-13(16)12(15)8-10/h5-6,8,11H,3-4,7,9H2,1-2H3. The number of halogens is 2. The topological polar surface area (TPSA) is 23.6 Å². The third kappa shape index (κ3) is 3.50. The van der Waals surface area contributed by atoms with E-state index in [4.69, 9.17) is 11.6 Å². The lowest BCUT2D eigenvalue weighted by atomic mass is 10.1. The van der Waals surface area contributed by atoms with Crippen LogP contribution in [-0.2, 0) is 0 Å². The molecule has 19 heavy (non-hydrogen) atoms. The summed E-state index contributed by atoms with van der Waals surface area (Å²) in [7, 11) is 3.98. The van der Waals surface area contributed by atoms with Crippen LogP contribution in [0.4, 0.5) is 0 Å². The predicted molar refractivity (Wildman–Crippen MR) is 81.8 cm³/mol. The molecule has 1 heterocycles. The van der Waals surface area contributed by atoms with Crippen LogP contribution in [0.2, 0.25) is 5.02 Å². The molecule has 0 spiro atoms. The summed E-state index contributed by atoms with van der Waals surface area (Å²) in [5.74, 6) is 0.0395. The average Bonchev–Trinajstić information content (AvgIpc) is 2.77. The minimum atomic E-state index is 0.0395. The summed E-state index contributed by atoms with van der Waals surface area (Å²) in [4.78, 5) is 16.5. The van der Waals surface area contributed by atoms with Gasteiger partial charge in [-0.3, -0.25) is 4.79 Å². The first-order chi connectivity index (χ1) is 8.99. The number of benzene rings is 1. The van der Waals surface area contributed by atoms with E-state index >= 15 is 0 Å². The summed E-state index contributed by atoms with van der Waals surface area (Å²) in [5.41, 5.74) is 0.666. The smallest absolute Gasteiger partial charge is 0.253 e. The van der Waals surface area contributed by atoms with Crippen molar-refractivity contribution < 1.29 is 4.79 Å². The van der Waals surface area contributed by atoms with Crippen molar-refractivity contribution in [2.45, 2.75) is 18.9 Å². The molecular weight excluding hydrogens is 328 g/mol. The highest BCUT2D eigenvalue weighted by molar-refractivity contribution is 9.10. The number of carbonyl (C=O) groups is 1. The molecule has 1 saturated heterocycles. The third-order valence-electron chi connectivity index (χ3n) is 3.67. The molecule has 1 atom stereocenters. The monoisotopic (exact) mass is 344 g/mol. The van der Waals surface area contributed by atoms with Crippen LogP contribution in [0.1, 0.15) is 23.2 Å². The molecule has 0 bridgehead atoms. The lowest BCUT2D eigenvalue weighted by Crippen LogP contribution is -2.39. The molecule has 1 unspecified atom stereocenters. The number of carbonyl (C=O) groups excluding carboxylic acids is 1. The van der Waals surface area contributed by atoms with Crippen molar-refractivity contribution in [3.63, 3.8) is 0 Å². The van der Waals surface area contributed by atoms with E-state index in [-0.39, 0.29) is 5.91 Å². The van der Waals surface area contributed by atoms with E-state index in [1.165, 1.54) is 12.8 Å². The number of hydrogen-bond donors (Lipinski definition) is 0. The van der Waals surface area contributed by atoms with Gasteiger partial charge >= 0.3 is 0 Å². The van der Waals surface area contributed by atoms with Gasteiger partial charge in [0.25, 0.3) is 5.91 Å². The van der Waals surface area contributed by atoms with Gasteiger partial charge in [-0.2, -0.15) is 0 Å². The predicted octanol–water partition coefficient (Wildman–Crippen LogP) is 3.27. The van der Waals surface area contributed by atoms with Crippen molar-refractivity contribution in [1.29, 1.82) is 0 Å². The van der Waals surface area contributed by atoms with Crippen LogP contribution < -0.4 is 0 Å². The number of amides is 1.